The fraction of sp³-hybridized carbons (Fsp3) is 0.222. The van der Waals surface area contributed by atoms with Crippen LogP contribution in [-0.2, 0) is 9.59 Å². The fourth-order valence-electron chi connectivity index (χ4n) is 2.68. The molecule has 0 saturated carbocycles. The number of benzene rings is 1. The zero-order valence-electron chi connectivity index (χ0n) is 14.0. The van der Waals surface area contributed by atoms with E-state index in [0.717, 1.165) is 27.3 Å². The minimum absolute atomic E-state index is 0.109. The molecule has 1 aliphatic rings. The molecule has 0 unspecified atom stereocenters. The Hall–Kier alpha value is -3.22. The zero-order valence-corrected chi connectivity index (χ0v) is 14.0. The van der Waals surface area contributed by atoms with E-state index in [4.69, 9.17) is 0 Å². The minimum atomic E-state index is -0.557. The molecule has 128 valence electrons. The van der Waals surface area contributed by atoms with Crippen molar-refractivity contribution >= 4 is 23.7 Å². The van der Waals surface area contributed by atoms with Crippen molar-refractivity contribution in [1.82, 2.24) is 15.2 Å². The molecule has 0 aliphatic carbocycles. The van der Waals surface area contributed by atoms with Crippen molar-refractivity contribution in [2.24, 2.45) is 0 Å². The first-order valence-corrected chi connectivity index (χ1v) is 7.86. The van der Waals surface area contributed by atoms with E-state index in [1.807, 2.05) is 50.2 Å². The van der Waals surface area contributed by atoms with Crippen molar-refractivity contribution in [2.75, 3.05) is 18.4 Å². The van der Waals surface area contributed by atoms with Gasteiger partial charge in [0, 0.05) is 5.69 Å². The van der Waals surface area contributed by atoms with Gasteiger partial charge in [-0.3, -0.25) is 14.9 Å². The highest BCUT2D eigenvalue weighted by Gasteiger charge is 2.28. The molecule has 0 spiro atoms. The molecule has 3 rings (SSSR count). The van der Waals surface area contributed by atoms with Crippen molar-refractivity contribution in [3.8, 4) is 11.1 Å². The average Bonchev–Trinajstić information content (AvgIpc) is 2.88. The number of aromatic nitrogens is 1. The van der Waals surface area contributed by atoms with Gasteiger partial charge < -0.3 is 10.2 Å². The molecule has 7 heteroatoms. The lowest BCUT2D eigenvalue weighted by Gasteiger charge is -2.15. The van der Waals surface area contributed by atoms with E-state index in [1.165, 1.54) is 0 Å². The highest BCUT2D eigenvalue weighted by atomic mass is 16.2. The molecular weight excluding hydrogens is 320 g/mol. The van der Waals surface area contributed by atoms with Crippen LogP contribution in [-0.4, -0.2) is 40.8 Å². The fourth-order valence-corrected chi connectivity index (χ4v) is 2.68. The third-order valence-electron chi connectivity index (χ3n) is 4.07. The van der Waals surface area contributed by atoms with Crippen molar-refractivity contribution in [1.29, 1.82) is 0 Å². The standard InChI is InChI=1S/C18H18N4O3/c1-11-12(2)19-15(8-14(11)13-6-4-3-5-7-13)20-16(23)9-22-10-17(24)21-18(22)25/h3-8H,9-10H2,1-2H3,(H,19,20,23)(H,21,24,25). The van der Waals surface area contributed by atoms with Gasteiger partial charge in [0.15, 0.2) is 0 Å². The quantitative estimate of drug-likeness (QED) is 0.833. The van der Waals surface area contributed by atoms with E-state index in [2.05, 4.69) is 15.6 Å². The molecular formula is C18H18N4O3. The minimum Gasteiger partial charge on any atom is -0.309 e. The van der Waals surface area contributed by atoms with E-state index in [1.54, 1.807) is 0 Å². The Kier molecular flexibility index (Phi) is 4.47. The van der Waals surface area contributed by atoms with Crippen LogP contribution >= 0.6 is 0 Å². The maximum Gasteiger partial charge on any atom is 0.325 e. The Morgan fingerprint density at radius 3 is 2.60 bits per heavy atom. The monoisotopic (exact) mass is 338 g/mol. The van der Waals surface area contributed by atoms with Gasteiger partial charge in [-0.05, 0) is 36.6 Å². The first-order chi connectivity index (χ1) is 11.9. The molecule has 1 aromatic carbocycles. The lowest BCUT2D eigenvalue weighted by Crippen LogP contribution is -2.35. The van der Waals surface area contributed by atoms with Crippen LogP contribution in [0.3, 0.4) is 0 Å². The highest BCUT2D eigenvalue weighted by Crippen LogP contribution is 2.27. The van der Waals surface area contributed by atoms with Crippen LogP contribution in [0.15, 0.2) is 36.4 Å². The summed E-state index contributed by atoms with van der Waals surface area (Å²) < 4.78 is 0. The molecule has 1 saturated heterocycles. The number of hydrogen-bond acceptors (Lipinski definition) is 4. The average molecular weight is 338 g/mol. The van der Waals surface area contributed by atoms with Gasteiger partial charge in [-0.1, -0.05) is 30.3 Å². The van der Waals surface area contributed by atoms with E-state index in [9.17, 15) is 14.4 Å². The Labute approximate surface area is 145 Å². The molecule has 1 aromatic heterocycles. The van der Waals surface area contributed by atoms with Crippen LogP contribution in [0.25, 0.3) is 11.1 Å². The van der Waals surface area contributed by atoms with Crippen LogP contribution in [0.2, 0.25) is 0 Å². The first-order valence-electron chi connectivity index (χ1n) is 7.86. The number of nitrogens with zero attached hydrogens (tertiary/aromatic N) is 2. The molecule has 25 heavy (non-hydrogen) atoms. The van der Waals surface area contributed by atoms with Crippen LogP contribution in [0, 0.1) is 13.8 Å². The molecule has 0 bridgehead atoms. The van der Waals surface area contributed by atoms with Crippen LogP contribution in [0.1, 0.15) is 11.3 Å². The predicted octanol–water partition coefficient (Wildman–Crippen LogP) is 1.86. The lowest BCUT2D eigenvalue weighted by molar-refractivity contribution is -0.119. The van der Waals surface area contributed by atoms with Gasteiger partial charge >= 0.3 is 6.03 Å². The third kappa shape index (κ3) is 3.65. The van der Waals surface area contributed by atoms with Gasteiger partial charge in [0.2, 0.25) is 11.8 Å². The Morgan fingerprint density at radius 2 is 1.96 bits per heavy atom. The second-order valence-corrected chi connectivity index (χ2v) is 5.89. The Morgan fingerprint density at radius 1 is 1.24 bits per heavy atom. The zero-order chi connectivity index (χ0) is 18.0. The normalized spacial score (nSPS) is 13.8. The Bertz CT molecular complexity index is 849. The molecule has 0 radical (unpaired) electrons. The highest BCUT2D eigenvalue weighted by molar-refractivity contribution is 6.04. The maximum absolute atomic E-state index is 12.2. The van der Waals surface area contributed by atoms with E-state index < -0.39 is 17.8 Å². The number of carbonyl (C=O) groups is 3. The topological polar surface area (TPSA) is 91.4 Å². The number of imide groups is 1. The number of urea groups is 1. The molecule has 1 fully saturated rings. The molecule has 4 amide bonds. The largest absolute Gasteiger partial charge is 0.325 e. The maximum atomic E-state index is 12.2. The summed E-state index contributed by atoms with van der Waals surface area (Å²) in [7, 11) is 0. The van der Waals surface area contributed by atoms with Crippen LogP contribution in [0.5, 0.6) is 0 Å². The van der Waals surface area contributed by atoms with E-state index in [-0.39, 0.29) is 13.1 Å². The number of amides is 4. The number of carbonyl (C=O) groups excluding carboxylic acids is 3. The summed E-state index contributed by atoms with van der Waals surface area (Å²) in [6.45, 7) is 3.55. The number of pyridine rings is 1. The summed E-state index contributed by atoms with van der Waals surface area (Å²) in [5.41, 5.74) is 3.86. The molecule has 0 atom stereocenters. The van der Waals surface area contributed by atoms with Gasteiger partial charge in [-0.15, -0.1) is 0 Å². The number of aryl methyl sites for hydroxylation is 1. The summed E-state index contributed by atoms with van der Waals surface area (Å²) in [5, 5.41) is 4.84. The third-order valence-corrected chi connectivity index (χ3v) is 4.07. The van der Waals surface area contributed by atoms with Crippen molar-refractivity contribution in [3.63, 3.8) is 0 Å². The molecule has 2 aromatic rings. The number of nitrogens with one attached hydrogen (secondary N) is 2. The Balaban J connectivity index is 1.79. The second-order valence-electron chi connectivity index (χ2n) is 5.89. The van der Waals surface area contributed by atoms with Gasteiger partial charge in [0.1, 0.15) is 18.9 Å². The molecule has 2 heterocycles. The summed E-state index contributed by atoms with van der Waals surface area (Å²) in [6, 6.07) is 11.1. The number of anilines is 1. The molecule has 1 aliphatic heterocycles. The van der Waals surface area contributed by atoms with Crippen molar-refractivity contribution < 1.29 is 14.4 Å². The van der Waals surface area contributed by atoms with Gasteiger partial charge in [0.05, 0.1) is 0 Å². The van der Waals surface area contributed by atoms with Crippen LogP contribution < -0.4 is 10.6 Å². The van der Waals surface area contributed by atoms with Gasteiger partial charge in [-0.25, -0.2) is 9.78 Å². The van der Waals surface area contributed by atoms with Crippen molar-refractivity contribution in [3.05, 3.63) is 47.7 Å². The SMILES string of the molecule is Cc1nc(NC(=O)CN2CC(=O)NC2=O)cc(-c2ccccc2)c1C. The number of hydrogen-bond donors (Lipinski definition) is 2. The van der Waals surface area contributed by atoms with E-state index >= 15 is 0 Å². The van der Waals surface area contributed by atoms with Crippen molar-refractivity contribution in [2.45, 2.75) is 13.8 Å². The van der Waals surface area contributed by atoms with E-state index in [0.29, 0.717) is 5.82 Å². The summed E-state index contributed by atoms with van der Waals surface area (Å²) in [5.74, 6) is -0.397. The summed E-state index contributed by atoms with van der Waals surface area (Å²) in [4.78, 5) is 40.4. The summed E-state index contributed by atoms with van der Waals surface area (Å²) in [6.07, 6.45) is 0. The predicted molar refractivity (Wildman–Crippen MR) is 92.9 cm³/mol. The van der Waals surface area contributed by atoms with Crippen LogP contribution in [0.4, 0.5) is 10.6 Å². The first kappa shape index (κ1) is 16.6. The second kappa shape index (κ2) is 6.72. The molecule has 2 N–H and O–H groups in total. The van der Waals surface area contributed by atoms with Gasteiger partial charge in [-0.2, -0.15) is 0 Å². The smallest absolute Gasteiger partial charge is 0.309 e. The lowest BCUT2D eigenvalue weighted by atomic mass is 10.0. The van der Waals surface area contributed by atoms with Gasteiger partial charge in [0.25, 0.3) is 0 Å². The molecule has 7 nitrogen and oxygen atoms in total. The number of rotatable bonds is 4. The summed E-state index contributed by atoms with van der Waals surface area (Å²) >= 11 is 0.